The molecule has 172 valence electrons. The zero-order chi connectivity index (χ0) is 23.2. The molecule has 1 aliphatic heterocycles. The van der Waals surface area contributed by atoms with E-state index in [1.54, 1.807) is 35.3 Å². The van der Waals surface area contributed by atoms with E-state index in [2.05, 4.69) is 26.7 Å². The van der Waals surface area contributed by atoms with Crippen molar-refractivity contribution in [3.05, 3.63) is 72.0 Å². The molecule has 1 fully saturated rings. The monoisotopic (exact) mass is 467 g/mol. The predicted octanol–water partition coefficient (Wildman–Crippen LogP) is 2.48. The fraction of sp³-hybridized carbons (Fsp3) is 0.304. The summed E-state index contributed by atoms with van der Waals surface area (Å²) in [6, 6.07) is 9.95. The van der Waals surface area contributed by atoms with Gasteiger partial charge in [0.25, 0.3) is 0 Å². The highest BCUT2D eigenvalue weighted by molar-refractivity contribution is 7.71. The van der Waals surface area contributed by atoms with Crippen molar-refractivity contribution in [3.8, 4) is 17.1 Å². The van der Waals surface area contributed by atoms with Crippen molar-refractivity contribution in [1.29, 1.82) is 0 Å². The van der Waals surface area contributed by atoms with Gasteiger partial charge >= 0.3 is 0 Å². The Morgan fingerprint density at radius 2 is 1.76 bits per heavy atom. The number of hydrogen-bond donors (Lipinski definition) is 1. The largest absolute Gasteiger partial charge is 0.352 e. The third-order valence-corrected chi connectivity index (χ3v) is 5.87. The Balaban J connectivity index is 1.51. The van der Waals surface area contributed by atoms with Crippen molar-refractivity contribution in [2.75, 3.05) is 39.3 Å². The summed E-state index contributed by atoms with van der Waals surface area (Å²) in [6.07, 6.45) is 5.08. The van der Waals surface area contributed by atoms with Crippen LogP contribution in [0.25, 0.3) is 17.1 Å². The van der Waals surface area contributed by atoms with Crippen LogP contribution in [0.3, 0.4) is 0 Å². The van der Waals surface area contributed by atoms with Gasteiger partial charge in [0.2, 0.25) is 10.7 Å². The van der Waals surface area contributed by atoms with Crippen molar-refractivity contribution >= 4 is 18.1 Å². The molecule has 0 bridgehead atoms. The maximum Gasteiger partial charge on any atom is 0.234 e. The standard InChI is InChI=1S/C23H26FN7OS/c1-2-9-26-21(32)16-28-12-14-29(15-13-28)17-30-23(33)31(20-5-3-19(24)4-6-20)22(27-30)18-7-10-25-11-8-18/h2-8,10-11H,1,9,12-17H2,(H,26,32). The first-order valence-electron chi connectivity index (χ1n) is 10.7. The van der Waals surface area contributed by atoms with Gasteiger partial charge in [0.15, 0.2) is 5.82 Å². The summed E-state index contributed by atoms with van der Waals surface area (Å²) < 4.78 is 17.7. The van der Waals surface area contributed by atoms with E-state index in [1.165, 1.54) is 12.1 Å². The number of nitrogens with one attached hydrogen (secondary N) is 1. The number of aromatic nitrogens is 4. The zero-order valence-corrected chi connectivity index (χ0v) is 19.0. The molecule has 0 saturated carbocycles. The van der Waals surface area contributed by atoms with E-state index in [-0.39, 0.29) is 11.7 Å². The molecule has 1 aromatic carbocycles. The topological polar surface area (TPSA) is 71.2 Å². The van der Waals surface area contributed by atoms with E-state index in [0.717, 1.165) is 37.4 Å². The number of nitrogens with zero attached hydrogens (tertiary/aromatic N) is 6. The Hall–Kier alpha value is -3.21. The highest BCUT2D eigenvalue weighted by Crippen LogP contribution is 2.22. The van der Waals surface area contributed by atoms with Crippen LogP contribution in [0, 0.1) is 10.6 Å². The van der Waals surface area contributed by atoms with Crippen LogP contribution in [-0.2, 0) is 11.5 Å². The quantitative estimate of drug-likeness (QED) is 0.406. The van der Waals surface area contributed by atoms with E-state index in [4.69, 9.17) is 17.3 Å². The second-order valence-corrected chi connectivity index (χ2v) is 8.15. The Kier molecular flexibility index (Phi) is 7.38. The Morgan fingerprint density at radius 3 is 2.42 bits per heavy atom. The Bertz CT molecular complexity index is 1150. The summed E-state index contributed by atoms with van der Waals surface area (Å²) in [6.45, 7) is 8.16. The smallest absolute Gasteiger partial charge is 0.234 e. The van der Waals surface area contributed by atoms with Gasteiger partial charge in [0.05, 0.1) is 18.9 Å². The van der Waals surface area contributed by atoms with Gasteiger partial charge in [0.1, 0.15) is 5.82 Å². The maximum atomic E-state index is 13.5. The summed E-state index contributed by atoms with van der Waals surface area (Å²) >= 11 is 5.77. The molecular weight excluding hydrogens is 441 g/mol. The van der Waals surface area contributed by atoms with Crippen molar-refractivity contribution in [2.24, 2.45) is 0 Å². The number of carbonyl (C=O) groups excluding carboxylic acids is 1. The van der Waals surface area contributed by atoms with Crippen LogP contribution in [0.4, 0.5) is 4.39 Å². The first-order valence-corrected chi connectivity index (χ1v) is 11.1. The van der Waals surface area contributed by atoms with Crippen LogP contribution in [-0.4, -0.2) is 74.3 Å². The molecule has 3 aromatic rings. The summed E-state index contributed by atoms with van der Waals surface area (Å²) in [4.78, 5) is 20.4. The van der Waals surface area contributed by atoms with Gasteiger partial charge in [-0.1, -0.05) is 6.08 Å². The molecule has 3 heterocycles. The van der Waals surface area contributed by atoms with Gasteiger partial charge in [-0.2, -0.15) is 0 Å². The lowest BCUT2D eigenvalue weighted by Crippen LogP contribution is -2.49. The molecule has 1 aliphatic rings. The number of halogens is 1. The number of carbonyl (C=O) groups is 1. The fourth-order valence-corrected chi connectivity index (χ4v) is 4.02. The summed E-state index contributed by atoms with van der Waals surface area (Å²) in [7, 11) is 0. The number of hydrogen-bond acceptors (Lipinski definition) is 6. The maximum absolute atomic E-state index is 13.5. The number of amides is 1. The van der Waals surface area contributed by atoms with Crippen LogP contribution >= 0.6 is 12.2 Å². The van der Waals surface area contributed by atoms with E-state index in [0.29, 0.717) is 30.4 Å². The lowest BCUT2D eigenvalue weighted by atomic mass is 10.2. The van der Waals surface area contributed by atoms with Crippen molar-refractivity contribution in [3.63, 3.8) is 0 Å². The van der Waals surface area contributed by atoms with E-state index in [9.17, 15) is 9.18 Å². The zero-order valence-electron chi connectivity index (χ0n) is 18.2. The van der Waals surface area contributed by atoms with E-state index in [1.807, 2.05) is 16.7 Å². The first kappa shape index (κ1) is 23.0. The molecule has 2 aromatic heterocycles. The van der Waals surface area contributed by atoms with Crippen LogP contribution in [0.5, 0.6) is 0 Å². The minimum absolute atomic E-state index is 0.00519. The highest BCUT2D eigenvalue weighted by Gasteiger charge is 2.21. The average molecular weight is 468 g/mol. The van der Waals surface area contributed by atoms with E-state index < -0.39 is 0 Å². The molecule has 0 unspecified atom stereocenters. The lowest BCUT2D eigenvalue weighted by Gasteiger charge is -2.33. The molecule has 4 rings (SSSR count). The van der Waals surface area contributed by atoms with Gasteiger partial charge in [-0.05, 0) is 48.6 Å². The third kappa shape index (κ3) is 5.59. The van der Waals surface area contributed by atoms with Gasteiger partial charge in [-0.15, -0.1) is 11.7 Å². The van der Waals surface area contributed by atoms with Crippen LogP contribution in [0.1, 0.15) is 0 Å². The van der Waals surface area contributed by atoms with Crippen molar-refractivity contribution < 1.29 is 9.18 Å². The average Bonchev–Trinajstić information content (AvgIpc) is 3.16. The van der Waals surface area contributed by atoms with E-state index >= 15 is 0 Å². The first-order chi connectivity index (χ1) is 16.0. The molecule has 1 saturated heterocycles. The number of pyridine rings is 1. The Morgan fingerprint density at radius 1 is 1.09 bits per heavy atom. The number of rotatable bonds is 8. The van der Waals surface area contributed by atoms with Gasteiger partial charge in [0, 0.05) is 50.7 Å². The SMILES string of the molecule is C=CCNC(=O)CN1CCN(Cn2nc(-c3ccncc3)n(-c3ccc(F)cc3)c2=S)CC1. The fourth-order valence-electron chi connectivity index (χ4n) is 3.73. The second kappa shape index (κ2) is 10.6. The molecule has 1 amide bonds. The number of benzene rings is 1. The second-order valence-electron chi connectivity index (χ2n) is 7.78. The molecule has 0 radical (unpaired) electrons. The minimum atomic E-state index is -0.306. The van der Waals surface area contributed by atoms with Crippen molar-refractivity contribution in [1.82, 2.24) is 34.4 Å². The van der Waals surface area contributed by atoms with Gasteiger partial charge < -0.3 is 5.32 Å². The molecule has 0 atom stereocenters. The molecule has 1 N–H and O–H groups in total. The highest BCUT2D eigenvalue weighted by atomic mass is 32.1. The molecule has 8 nitrogen and oxygen atoms in total. The van der Waals surface area contributed by atoms with Crippen LogP contribution < -0.4 is 5.32 Å². The summed E-state index contributed by atoms with van der Waals surface area (Å²) in [5.41, 5.74) is 1.62. The summed E-state index contributed by atoms with van der Waals surface area (Å²) in [5.74, 6) is 0.372. The molecule has 33 heavy (non-hydrogen) atoms. The Labute approximate surface area is 197 Å². The van der Waals surface area contributed by atoms with Gasteiger partial charge in [-0.25, -0.2) is 9.07 Å². The van der Waals surface area contributed by atoms with Gasteiger partial charge in [-0.3, -0.25) is 24.1 Å². The molecule has 10 heteroatoms. The number of piperazine rings is 1. The normalized spacial score (nSPS) is 14.8. The van der Waals surface area contributed by atoms with Crippen LogP contribution in [0.15, 0.2) is 61.4 Å². The summed E-state index contributed by atoms with van der Waals surface area (Å²) in [5, 5.41) is 7.61. The lowest BCUT2D eigenvalue weighted by molar-refractivity contribution is -0.122. The van der Waals surface area contributed by atoms with Crippen molar-refractivity contribution in [2.45, 2.75) is 6.67 Å². The molecule has 0 aliphatic carbocycles. The molecular formula is C23H26FN7OS. The minimum Gasteiger partial charge on any atom is -0.352 e. The van der Waals surface area contributed by atoms with Crippen LogP contribution in [0.2, 0.25) is 0 Å². The third-order valence-electron chi connectivity index (χ3n) is 5.47. The predicted molar refractivity (Wildman–Crippen MR) is 127 cm³/mol. The molecule has 0 spiro atoms.